The Balaban J connectivity index is 0.000000150. The Morgan fingerprint density at radius 3 is 1.26 bits per heavy atom. The summed E-state index contributed by atoms with van der Waals surface area (Å²) in [6, 6.07) is 40.5. The number of benzene rings is 4. The molecule has 0 atom stereocenters. The highest BCUT2D eigenvalue weighted by molar-refractivity contribution is 6.09. The maximum absolute atomic E-state index is 13.3. The monoisotopic (exact) mass is 762 g/mol. The molecule has 6 nitrogen and oxygen atoms in total. The van der Waals surface area contributed by atoms with Gasteiger partial charge in [0.15, 0.2) is 23.6 Å². The lowest BCUT2D eigenvalue weighted by Gasteiger charge is -2.07. The second-order valence-corrected chi connectivity index (χ2v) is 15.3. The molecule has 6 heterocycles. The van der Waals surface area contributed by atoms with Crippen molar-refractivity contribution in [3.05, 3.63) is 168 Å². The first-order valence-electron chi connectivity index (χ1n) is 19.4. The fourth-order valence-electron chi connectivity index (χ4n) is 7.92. The normalized spacial score (nSPS) is 11.4. The van der Waals surface area contributed by atoms with Crippen LogP contribution in [0.4, 0.5) is 4.39 Å². The van der Waals surface area contributed by atoms with Gasteiger partial charge in [-0.3, -0.25) is 0 Å². The molecule has 7 heteroatoms. The molecule has 4 aromatic carbocycles. The summed E-state index contributed by atoms with van der Waals surface area (Å²) < 4.78 is 30.0. The minimum absolute atomic E-state index is 0.231. The van der Waals surface area contributed by atoms with E-state index < -0.39 is 0 Å². The van der Waals surface area contributed by atoms with Gasteiger partial charge in [0.25, 0.3) is 0 Å². The molecule has 10 aromatic rings. The Kier molecular flexibility index (Phi) is 9.16. The third-order valence-corrected chi connectivity index (χ3v) is 11.1. The zero-order valence-corrected chi connectivity index (χ0v) is 33.7. The van der Waals surface area contributed by atoms with Crippen molar-refractivity contribution in [2.24, 2.45) is 14.1 Å². The van der Waals surface area contributed by atoms with Crippen molar-refractivity contribution in [1.82, 2.24) is 9.97 Å². The molecule has 58 heavy (non-hydrogen) atoms. The van der Waals surface area contributed by atoms with Gasteiger partial charge in [-0.05, 0) is 105 Å². The lowest BCUT2D eigenvalue weighted by atomic mass is 9.99. The molecule has 0 aliphatic rings. The number of pyridine rings is 4. The average Bonchev–Trinajstić information content (AvgIpc) is 3.76. The third-order valence-electron chi connectivity index (χ3n) is 11.1. The van der Waals surface area contributed by atoms with E-state index in [9.17, 15) is 4.39 Å². The highest BCUT2D eigenvalue weighted by atomic mass is 19.1. The van der Waals surface area contributed by atoms with Crippen molar-refractivity contribution in [2.45, 2.75) is 34.6 Å². The first-order chi connectivity index (χ1) is 28.0. The van der Waals surface area contributed by atoms with Crippen LogP contribution in [-0.2, 0) is 14.1 Å². The molecule has 0 saturated heterocycles. The van der Waals surface area contributed by atoms with Crippen LogP contribution in [0.15, 0.2) is 143 Å². The van der Waals surface area contributed by atoms with Gasteiger partial charge >= 0.3 is 0 Å². The largest absolute Gasteiger partial charge is 0.437 e. The third kappa shape index (κ3) is 6.58. The van der Waals surface area contributed by atoms with Crippen molar-refractivity contribution in [3.63, 3.8) is 0 Å². The van der Waals surface area contributed by atoms with Crippen molar-refractivity contribution >= 4 is 44.1 Å². The van der Waals surface area contributed by atoms with Gasteiger partial charge in [0.2, 0.25) is 22.8 Å². The van der Waals surface area contributed by atoms with E-state index in [1.165, 1.54) is 34.4 Å². The molecule has 6 aromatic heterocycles. The molecule has 0 N–H and O–H groups in total. The summed E-state index contributed by atoms with van der Waals surface area (Å²) in [5.41, 5.74) is 17.4. The van der Waals surface area contributed by atoms with Crippen LogP contribution < -0.4 is 9.13 Å². The molecule has 0 radical (unpaired) electrons. The van der Waals surface area contributed by atoms with Crippen LogP contribution in [0.2, 0.25) is 0 Å². The minimum atomic E-state index is -0.231. The fourth-order valence-corrected chi connectivity index (χ4v) is 7.92. The van der Waals surface area contributed by atoms with Gasteiger partial charge in [-0.2, -0.15) is 0 Å². The molecule has 284 valence electrons. The molecular formula is C51H43FN4O2+2. The second-order valence-electron chi connectivity index (χ2n) is 15.3. The molecule has 0 aliphatic heterocycles. The first kappa shape index (κ1) is 36.6. The van der Waals surface area contributed by atoms with Crippen LogP contribution in [0.25, 0.3) is 88.9 Å². The van der Waals surface area contributed by atoms with E-state index in [4.69, 9.17) is 8.83 Å². The summed E-state index contributed by atoms with van der Waals surface area (Å²) in [6.45, 7) is 10.3. The molecule has 0 spiro atoms. The summed E-state index contributed by atoms with van der Waals surface area (Å²) in [7, 11) is 4.11. The van der Waals surface area contributed by atoms with Crippen LogP contribution in [0.5, 0.6) is 0 Å². The van der Waals surface area contributed by atoms with E-state index >= 15 is 0 Å². The number of nitrogens with zero attached hydrogens (tertiary/aromatic N) is 4. The Hall–Kier alpha value is -6.99. The van der Waals surface area contributed by atoms with Crippen LogP contribution in [0.3, 0.4) is 0 Å². The lowest BCUT2D eigenvalue weighted by molar-refractivity contribution is -0.660. The first-order valence-corrected chi connectivity index (χ1v) is 19.4. The van der Waals surface area contributed by atoms with E-state index in [1.54, 1.807) is 12.1 Å². The Labute approximate surface area is 336 Å². The SMILES string of the molecule is Cc1ccc(-c2ccc(-c3c(C)ccc4c3oc3nc(C)ccc34)[n+](C)c2)cc1.Cc1ccc2c(n1)oc1c(-c3ccc(-c4ccc(F)cc4)c[n+]3C)c(C)ccc12. The van der Waals surface area contributed by atoms with Crippen molar-refractivity contribution in [2.75, 3.05) is 0 Å². The van der Waals surface area contributed by atoms with E-state index in [0.29, 0.717) is 11.4 Å². The average molecular weight is 763 g/mol. The van der Waals surface area contributed by atoms with Gasteiger partial charge < -0.3 is 8.83 Å². The molecule has 0 aliphatic carbocycles. The number of halogens is 1. The number of hydrogen-bond donors (Lipinski definition) is 0. The molecule has 0 unspecified atom stereocenters. The van der Waals surface area contributed by atoms with Crippen LogP contribution in [0, 0.1) is 40.4 Å². The number of fused-ring (bicyclic) bond motifs is 6. The fraction of sp³-hybridized carbons (Fsp3) is 0.137. The highest BCUT2D eigenvalue weighted by Crippen LogP contribution is 2.38. The number of rotatable bonds is 4. The predicted molar refractivity (Wildman–Crippen MR) is 231 cm³/mol. The number of furan rings is 2. The quantitative estimate of drug-likeness (QED) is 0.168. The van der Waals surface area contributed by atoms with Gasteiger partial charge in [0.05, 0.1) is 11.1 Å². The Bertz CT molecular complexity index is 2980. The Morgan fingerprint density at radius 1 is 0.431 bits per heavy atom. The van der Waals surface area contributed by atoms with Crippen LogP contribution in [-0.4, -0.2) is 9.97 Å². The summed E-state index contributed by atoms with van der Waals surface area (Å²) >= 11 is 0. The summed E-state index contributed by atoms with van der Waals surface area (Å²) in [5.74, 6) is -0.231. The maximum Gasteiger partial charge on any atom is 0.227 e. The van der Waals surface area contributed by atoms with Gasteiger partial charge in [0, 0.05) is 56.2 Å². The molecular weight excluding hydrogens is 720 g/mol. The molecule has 0 amide bonds. The van der Waals surface area contributed by atoms with E-state index in [-0.39, 0.29) is 5.82 Å². The zero-order chi connectivity index (χ0) is 40.2. The van der Waals surface area contributed by atoms with Crippen molar-refractivity contribution < 1.29 is 22.4 Å². The highest BCUT2D eigenvalue weighted by Gasteiger charge is 2.23. The van der Waals surface area contributed by atoms with E-state index in [0.717, 1.165) is 83.3 Å². The standard InChI is InChI=1S/C26H23N2O.C25H20FN2O/c1-16-5-9-19(10-6-16)20-11-14-23(28(4)15-20)24-17(2)7-12-21-22-13-8-18(3)27-26(22)29-25(21)24;1-15-4-11-20-21-12-5-16(2)27-25(21)29-24(20)23(15)22-13-8-18(14-28(22)3)17-6-9-19(26)10-7-17/h5-15H,1-4H3;4-14H,1-3H3/q2*+1. The van der Waals surface area contributed by atoms with Gasteiger partial charge in [-0.15, -0.1) is 0 Å². The molecule has 0 bridgehead atoms. The zero-order valence-electron chi connectivity index (χ0n) is 33.7. The summed E-state index contributed by atoms with van der Waals surface area (Å²) in [4.78, 5) is 9.14. The molecule has 0 fully saturated rings. The van der Waals surface area contributed by atoms with Gasteiger partial charge in [-0.1, -0.05) is 66.2 Å². The molecule has 0 saturated carbocycles. The number of hydrogen-bond acceptors (Lipinski definition) is 4. The van der Waals surface area contributed by atoms with Crippen LogP contribution >= 0.6 is 0 Å². The minimum Gasteiger partial charge on any atom is -0.437 e. The maximum atomic E-state index is 13.3. The second kappa shape index (κ2) is 14.5. The Morgan fingerprint density at radius 2 is 0.828 bits per heavy atom. The summed E-state index contributed by atoms with van der Waals surface area (Å²) in [5, 5.41) is 4.26. The van der Waals surface area contributed by atoms with Crippen LogP contribution in [0.1, 0.15) is 28.1 Å². The van der Waals surface area contributed by atoms with Gasteiger partial charge in [0.1, 0.15) is 19.9 Å². The number of aryl methyl sites for hydroxylation is 7. The van der Waals surface area contributed by atoms with Gasteiger partial charge in [-0.25, -0.2) is 23.5 Å². The lowest BCUT2D eigenvalue weighted by Crippen LogP contribution is -2.31. The molecule has 10 rings (SSSR count). The number of aromatic nitrogens is 4. The topological polar surface area (TPSA) is 59.8 Å². The van der Waals surface area contributed by atoms with E-state index in [1.807, 2.05) is 33.0 Å². The summed E-state index contributed by atoms with van der Waals surface area (Å²) in [6.07, 6.45) is 4.25. The van der Waals surface area contributed by atoms with E-state index in [2.05, 4.69) is 144 Å². The van der Waals surface area contributed by atoms with Crippen molar-refractivity contribution in [1.29, 1.82) is 0 Å². The smallest absolute Gasteiger partial charge is 0.227 e. The van der Waals surface area contributed by atoms with Crippen molar-refractivity contribution in [3.8, 4) is 44.8 Å². The predicted octanol–water partition coefficient (Wildman–Crippen LogP) is 12.0.